The first kappa shape index (κ1) is 25.4. The van der Waals surface area contributed by atoms with Crippen LogP contribution < -0.4 is 0 Å². The van der Waals surface area contributed by atoms with Crippen molar-refractivity contribution in [3.8, 4) is 0 Å². The van der Waals surface area contributed by atoms with Crippen LogP contribution >= 0.6 is 0 Å². The van der Waals surface area contributed by atoms with Gasteiger partial charge in [0.25, 0.3) is 0 Å². The summed E-state index contributed by atoms with van der Waals surface area (Å²) in [5.41, 5.74) is 1.59. The van der Waals surface area contributed by atoms with E-state index in [0.717, 1.165) is 12.8 Å². The van der Waals surface area contributed by atoms with Crippen LogP contribution in [-0.2, 0) is 19.1 Å². The molecule has 0 fully saturated rings. The maximum absolute atomic E-state index is 10.5. The lowest BCUT2D eigenvalue weighted by molar-refractivity contribution is -0.138. The standard InChI is InChI=1S/C8H8.C7H10O2.C7H12O2/c1-2-8-6-4-3-5-7-8;1-4-5-9-7(8)6(2)3;1-3-5-6-9-7(8)4-2/h2-7H,1H2;4H,1-2,5H2,3H3;4H,2-3,5-6H2,1H3. The van der Waals surface area contributed by atoms with Gasteiger partial charge in [0, 0.05) is 11.6 Å². The molecule has 0 heterocycles. The van der Waals surface area contributed by atoms with Crippen molar-refractivity contribution in [2.24, 2.45) is 0 Å². The Balaban J connectivity index is 0. The third-order valence-electron chi connectivity index (χ3n) is 2.62. The Morgan fingerprint density at radius 2 is 1.69 bits per heavy atom. The summed E-state index contributed by atoms with van der Waals surface area (Å²) in [6, 6.07) is 10.0. The van der Waals surface area contributed by atoms with Gasteiger partial charge in [-0.3, -0.25) is 0 Å². The predicted molar refractivity (Wildman–Crippen MR) is 109 cm³/mol. The van der Waals surface area contributed by atoms with E-state index in [0.29, 0.717) is 12.2 Å². The van der Waals surface area contributed by atoms with Gasteiger partial charge in [0.15, 0.2) is 0 Å². The first-order chi connectivity index (χ1) is 12.4. The van der Waals surface area contributed by atoms with Crippen LogP contribution in [0.4, 0.5) is 0 Å². The van der Waals surface area contributed by atoms with E-state index in [1.165, 1.54) is 17.7 Å². The average Bonchev–Trinajstić information content (AvgIpc) is 2.67. The van der Waals surface area contributed by atoms with Crippen LogP contribution in [0.1, 0.15) is 32.3 Å². The van der Waals surface area contributed by atoms with Crippen molar-refractivity contribution in [2.75, 3.05) is 13.2 Å². The lowest BCUT2D eigenvalue weighted by atomic mass is 10.2. The number of carbonyl (C=O) groups excluding carboxylic acids is 2. The van der Waals surface area contributed by atoms with Gasteiger partial charge >= 0.3 is 11.9 Å². The molecule has 0 aliphatic rings. The Hall–Kier alpha value is -2.88. The lowest BCUT2D eigenvalue weighted by Crippen LogP contribution is -2.03. The van der Waals surface area contributed by atoms with Gasteiger partial charge in [-0.05, 0) is 18.9 Å². The molecule has 4 heteroatoms. The number of esters is 2. The molecule has 1 aromatic rings. The van der Waals surface area contributed by atoms with E-state index < -0.39 is 0 Å². The number of rotatable bonds is 8. The molecular weight excluding hydrogens is 328 g/mol. The zero-order valence-corrected chi connectivity index (χ0v) is 15.9. The van der Waals surface area contributed by atoms with Crippen molar-refractivity contribution >= 4 is 18.0 Å². The van der Waals surface area contributed by atoms with Crippen molar-refractivity contribution in [1.29, 1.82) is 0 Å². The highest BCUT2D eigenvalue weighted by atomic mass is 16.5. The molecule has 4 nitrogen and oxygen atoms in total. The zero-order chi connectivity index (χ0) is 20.2. The second kappa shape index (κ2) is 18.5. The summed E-state index contributed by atoms with van der Waals surface area (Å²) in [5, 5.41) is 0. The van der Waals surface area contributed by atoms with Gasteiger partial charge in [-0.1, -0.05) is 82.1 Å². The van der Waals surface area contributed by atoms with Gasteiger partial charge in [-0.15, -0.1) is 0 Å². The third-order valence-corrected chi connectivity index (χ3v) is 2.62. The quantitative estimate of drug-likeness (QED) is 0.279. The molecule has 0 N–H and O–H groups in total. The number of ether oxygens (including phenoxy) is 2. The van der Waals surface area contributed by atoms with Crippen molar-refractivity contribution in [3.05, 3.63) is 79.9 Å². The molecule has 0 aliphatic heterocycles. The van der Waals surface area contributed by atoms with Crippen molar-refractivity contribution in [2.45, 2.75) is 26.7 Å². The molecule has 0 unspecified atom stereocenters. The predicted octanol–water partition coefficient (Wildman–Crippen LogP) is 5.14. The second-order valence-corrected chi connectivity index (χ2v) is 5.01. The van der Waals surface area contributed by atoms with E-state index in [9.17, 15) is 9.59 Å². The minimum Gasteiger partial charge on any atom is -0.463 e. The first-order valence-corrected chi connectivity index (χ1v) is 8.33. The topological polar surface area (TPSA) is 52.6 Å². The SMILES string of the molecule is C=CC(=O)OCCCC.C=CCOC(=O)C(=C)C.C=Cc1ccccc1. The molecule has 1 aromatic carbocycles. The van der Waals surface area contributed by atoms with Gasteiger partial charge in [-0.2, -0.15) is 0 Å². The Bertz CT molecular complexity index is 559. The second-order valence-electron chi connectivity index (χ2n) is 5.01. The van der Waals surface area contributed by atoms with E-state index in [1.54, 1.807) is 6.92 Å². The molecule has 0 saturated heterocycles. The third kappa shape index (κ3) is 17.5. The number of unbranched alkanes of at least 4 members (excludes halogenated alkanes) is 1. The summed E-state index contributed by atoms with van der Waals surface area (Å²) in [4.78, 5) is 20.9. The fourth-order valence-electron chi connectivity index (χ4n) is 1.22. The molecule has 0 aromatic heterocycles. The smallest absolute Gasteiger partial charge is 0.333 e. The van der Waals surface area contributed by atoms with Crippen molar-refractivity contribution < 1.29 is 19.1 Å². The fourth-order valence-corrected chi connectivity index (χ4v) is 1.22. The Morgan fingerprint density at radius 3 is 2.08 bits per heavy atom. The van der Waals surface area contributed by atoms with E-state index in [1.807, 2.05) is 43.3 Å². The van der Waals surface area contributed by atoms with Crippen LogP contribution in [0.5, 0.6) is 0 Å². The van der Waals surface area contributed by atoms with Crippen LogP contribution in [0.3, 0.4) is 0 Å². The maximum atomic E-state index is 10.5. The zero-order valence-electron chi connectivity index (χ0n) is 15.9. The van der Waals surface area contributed by atoms with E-state index >= 15 is 0 Å². The van der Waals surface area contributed by atoms with Gasteiger partial charge in [0.05, 0.1) is 6.61 Å². The highest BCUT2D eigenvalue weighted by molar-refractivity contribution is 5.86. The monoisotopic (exact) mass is 358 g/mol. The van der Waals surface area contributed by atoms with Crippen LogP contribution in [0, 0.1) is 0 Å². The van der Waals surface area contributed by atoms with E-state index in [4.69, 9.17) is 0 Å². The molecule has 0 bridgehead atoms. The Kier molecular flexibility index (Phi) is 18.0. The van der Waals surface area contributed by atoms with E-state index in [2.05, 4.69) is 35.8 Å². The van der Waals surface area contributed by atoms with Gasteiger partial charge < -0.3 is 9.47 Å². The summed E-state index contributed by atoms with van der Waals surface area (Å²) in [7, 11) is 0. The minimum absolute atomic E-state index is 0.256. The van der Waals surface area contributed by atoms with Crippen molar-refractivity contribution in [3.63, 3.8) is 0 Å². The molecule has 26 heavy (non-hydrogen) atoms. The number of benzene rings is 1. The first-order valence-electron chi connectivity index (χ1n) is 8.33. The number of hydrogen-bond donors (Lipinski definition) is 0. The number of hydrogen-bond acceptors (Lipinski definition) is 4. The Morgan fingerprint density at radius 1 is 1.08 bits per heavy atom. The molecule has 0 amide bonds. The summed E-state index contributed by atoms with van der Waals surface area (Å²) in [5.74, 6) is -0.696. The molecule has 0 aliphatic carbocycles. The molecule has 0 radical (unpaired) electrons. The summed E-state index contributed by atoms with van der Waals surface area (Å²) in [6.45, 7) is 18.1. The fraction of sp³-hybridized carbons (Fsp3) is 0.273. The molecule has 0 atom stereocenters. The van der Waals surface area contributed by atoms with Crippen LogP contribution in [0.25, 0.3) is 6.08 Å². The average molecular weight is 358 g/mol. The summed E-state index contributed by atoms with van der Waals surface area (Å²) < 4.78 is 9.27. The molecule has 0 saturated carbocycles. The van der Waals surface area contributed by atoms with Crippen molar-refractivity contribution in [1.82, 2.24) is 0 Å². The normalized spacial score (nSPS) is 8.38. The molecule has 0 spiro atoms. The van der Waals surface area contributed by atoms with Gasteiger partial charge in [0.2, 0.25) is 0 Å². The molecule has 142 valence electrons. The minimum atomic E-state index is -0.366. The van der Waals surface area contributed by atoms with Crippen LogP contribution in [0.2, 0.25) is 0 Å². The van der Waals surface area contributed by atoms with Gasteiger partial charge in [0.1, 0.15) is 6.61 Å². The maximum Gasteiger partial charge on any atom is 0.333 e. The molecule has 1 rings (SSSR count). The Labute approximate surface area is 157 Å². The molecular formula is C22H30O4. The highest BCUT2D eigenvalue weighted by Crippen LogP contribution is 1.97. The van der Waals surface area contributed by atoms with Gasteiger partial charge in [-0.25, -0.2) is 9.59 Å². The summed E-state index contributed by atoms with van der Waals surface area (Å²) in [6.07, 6.45) is 6.50. The summed E-state index contributed by atoms with van der Waals surface area (Å²) >= 11 is 0. The largest absolute Gasteiger partial charge is 0.463 e. The number of carbonyl (C=O) groups is 2. The van der Waals surface area contributed by atoms with Crippen LogP contribution in [0.15, 0.2) is 74.4 Å². The van der Waals surface area contributed by atoms with E-state index in [-0.39, 0.29) is 18.5 Å². The lowest BCUT2D eigenvalue weighted by Gasteiger charge is -1.97. The highest BCUT2D eigenvalue weighted by Gasteiger charge is 1.98. The van der Waals surface area contributed by atoms with Crippen LogP contribution in [-0.4, -0.2) is 25.2 Å².